The Hall–Kier alpha value is -0.510. The number of rotatable bonds is 2. The van der Waals surface area contributed by atoms with Gasteiger partial charge >= 0.3 is 0 Å². The van der Waals surface area contributed by atoms with Crippen LogP contribution >= 0.6 is 35.4 Å². The van der Waals surface area contributed by atoms with E-state index in [1.54, 1.807) is 6.07 Å². The van der Waals surface area contributed by atoms with Crippen molar-refractivity contribution in [1.82, 2.24) is 5.32 Å². The lowest BCUT2D eigenvalue weighted by molar-refractivity contribution is 0.309. The summed E-state index contributed by atoms with van der Waals surface area (Å²) in [4.78, 5) is 0. The second-order valence-electron chi connectivity index (χ2n) is 5.12. The molecule has 5 heteroatoms. The van der Waals surface area contributed by atoms with Gasteiger partial charge in [-0.05, 0) is 49.2 Å². The van der Waals surface area contributed by atoms with Gasteiger partial charge in [-0.25, -0.2) is 0 Å². The maximum Gasteiger partial charge on any atom is 0.171 e. The van der Waals surface area contributed by atoms with E-state index in [1.807, 2.05) is 12.1 Å². The van der Waals surface area contributed by atoms with E-state index in [4.69, 9.17) is 35.4 Å². The van der Waals surface area contributed by atoms with Crippen molar-refractivity contribution in [3.8, 4) is 0 Å². The van der Waals surface area contributed by atoms with Gasteiger partial charge in [-0.2, -0.15) is 0 Å². The summed E-state index contributed by atoms with van der Waals surface area (Å²) in [5.41, 5.74) is 0.818. The zero-order valence-corrected chi connectivity index (χ0v) is 13.2. The fourth-order valence-electron chi connectivity index (χ4n) is 2.49. The van der Waals surface area contributed by atoms with Gasteiger partial charge in [0.05, 0.1) is 0 Å². The molecule has 0 aromatic heterocycles. The van der Waals surface area contributed by atoms with Crippen molar-refractivity contribution >= 4 is 46.2 Å². The molecule has 1 saturated carbocycles. The van der Waals surface area contributed by atoms with Crippen LogP contribution in [0.2, 0.25) is 10.0 Å². The highest BCUT2D eigenvalue weighted by Gasteiger charge is 2.21. The van der Waals surface area contributed by atoms with Crippen LogP contribution < -0.4 is 10.6 Å². The molecular formula is C14H18Cl2N2S. The van der Waals surface area contributed by atoms with Crippen LogP contribution in [0.3, 0.4) is 0 Å². The van der Waals surface area contributed by atoms with Crippen LogP contribution in [0.25, 0.3) is 0 Å². The number of nitrogens with one attached hydrogen (secondary N) is 2. The van der Waals surface area contributed by atoms with E-state index in [0.717, 1.165) is 5.69 Å². The Morgan fingerprint density at radius 1 is 1.16 bits per heavy atom. The zero-order chi connectivity index (χ0) is 13.8. The van der Waals surface area contributed by atoms with E-state index in [0.29, 0.717) is 27.1 Å². The minimum Gasteiger partial charge on any atom is -0.359 e. The van der Waals surface area contributed by atoms with E-state index in [1.165, 1.54) is 25.7 Å². The summed E-state index contributed by atoms with van der Waals surface area (Å²) >= 11 is 17.3. The van der Waals surface area contributed by atoms with Crippen LogP contribution in [0.15, 0.2) is 18.2 Å². The average molecular weight is 317 g/mol. The summed E-state index contributed by atoms with van der Waals surface area (Å²) < 4.78 is 0. The first-order valence-electron chi connectivity index (χ1n) is 6.58. The lowest BCUT2D eigenvalue weighted by Gasteiger charge is -2.30. The Kier molecular flexibility index (Phi) is 5.31. The third-order valence-corrected chi connectivity index (χ3v) is 4.20. The minimum atomic E-state index is 0.461. The van der Waals surface area contributed by atoms with E-state index < -0.39 is 0 Å². The molecule has 2 N–H and O–H groups in total. The third kappa shape index (κ3) is 4.51. The molecule has 104 valence electrons. The average Bonchev–Trinajstić information content (AvgIpc) is 2.30. The van der Waals surface area contributed by atoms with Gasteiger partial charge in [0.25, 0.3) is 0 Å². The fourth-order valence-corrected chi connectivity index (χ4v) is 3.29. The molecular weight excluding hydrogens is 299 g/mol. The molecule has 2 rings (SSSR count). The molecule has 0 radical (unpaired) electrons. The fraction of sp³-hybridized carbons (Fsp3) is 0.500. The Morgan fingerprint density at radius 2 is 1.79 bits per heavy atom. The molecule has 0 spiro atoms. The van der Waals surface area contributed by atoms with Gasteiger partial charge in [-0.1, -0.05) is 43.0 Å². The van der Waals surface area contributed by atoms with Gasteiger partial charge in [-0.3, -0.25) is 0 Å². The molecule has 0 amide bonds. The number of benzene rings is 1. The largest absolute Gasteiger partial charge is 0.359 e. The maximum absolute atomic E-state index is 5.96. The van der Waals surface area contributed by atoms with Gasteiger partial charge in [0.1, 0.15) is 0 Å². The number of hydrogen-bond donors (Lipinski definition) is 2. The van der Waals surface area contributed by atoms with E-state index in [-0.39, 0.29) is 0 Å². The topological polar surface area (TPSA) is 24.1 Å². The summed E-state index contributed by atoms with van der Waals surface area (Å²) in [5, 5.41) is 8.37. The van der Waals surface area contributed by atoms with E-state index >= 15 is 0 Å². The van der Waals surface area contributed by atoms with Gasteiger partial charge in [0.2, 0.25) is 0 Å². The first kappa shape index (κ1) is 14.9. The third-order valence-electron chi connectivity index (χ3n) is 3.55. The second-order valence-corrected chi connectivity index (χ2v) is 6.41. The van der Waals surface area contributed by atoms with Crippen LogP contribution in [-0.4, -0.2) is 11.2 Å². The van der Waals surface area contributed by atoms with Crippen molar-refractivity contribution in [2.75, 3.05) is 5.32 Å². The number of halogens is 2. The highest BCUT2D eigenvalue weighted by molar-refractivity contribution is 7.80. The van der Waals surface area contributed by atoms with Crippen LogP contribution in [-0.2, 0) is 0 Å². The Morgan fingerprint density at radius 3 is 2.42 bits per heavy atom. The van der Waals surface area contributed by atoms with Crippen molar-refractivity contribution < 1.29 is 0 Å². The first-order chi connectivity index (χ1) is 9.04. The summed E-state index contributed by atoms with van der Waals surface area (Å²) in [6.07, 6.45) is 5.04. The van der Waals surface area contributed by atoms with Crippen LogP contribution in [0, 0.1) is 5.92 Å². The molecule has 1 aliphatic carbocycles. The molecule has 1 fully saturated rings. The van der Waals surface area contributed by atoms with Gasteiger partial charge in [0, 0.05) is 21.8 Å². The summed E-state index contributed by atoms with van der Waals surface area (Å²) in [6, 6.07) is 5.79. The molecule has 0 heterocycles. The summed E-state index contributed by atoms with van der Waals surface area (Å²) in [5.74, 6) is 0.663. The van der Waals surface area contributed by atoms with Crippen LogP contribution in [0.1, 0.15) is 32.6 Å². The first-order valence-corrected chi connectivity index (χ1v) is 7.74. The normalized spacial score (nSPS) is 22.9. The SMILES string of the molecule is CC1CCCCC1NC(=S)Nc1cc(Cl)cc(Cl)c1. The standard InChI is InChI=1S/C14H18Cl2N2S/c1-9-4-2-3-5-13(9)18-14(19)17-12-7-10(15)6-11(16)8-12/h6-9,13H,2-5H2,1H3,(H2,17,18,19). The molecule has 1 aromatic rings. The highest BCUT2D eigenvalue weighted by Crippen LogP contribution is 2.25. The van der Waals surface area contributed by atoms with E-state index in [9.17, 15) is 0 Å². The quantitative estimate of drug-likeness (QED) is 0.762. The van der Waals surface area contributed by atoms with Crippen molar-refractivity contribution in [2.24, 2.45) is 5.92 Å². The lowest BCUT2D eigenvalue weighted by atomic mass is 9.86. The molecule has 0 saturated heterocycles. The maximum atomic E-state index is 5.96. The van der Waals surface area contributed by atoms with Crippen molar-refractivity contribution in [2.45, 2.75) is 38.6 Å². The Labute approximate surface area is 129 Å². The highest BCUT2D eigenvalue weighted by atomic mass is 35.5. The molecule has 2 nitrogen and oxygen atoms in total. The molecule has 2 atom stereocenters. The summed E-state index contributed by atoms with van der Waals surface area (Å²) in [6.45, 7) is 2.27. The van der Waals surface area contributed by atoms with Crippen LogP contribution in [0.5, 0.6) is 0 Å². The minimum absolute atomic E-state index is 0.461. The van der Waals surface area contributed by atoms with Crippen molar-refractivity contribution in [1.29, 1.82) is 0 Å². The molecule has 0 bridgehead atoms. The van der Waals surface area contributed by atoms with Crippen LogP contribution in [0.4, 0.5) is 5.69 Å². The number of anilines is 1. The molecule has 19 heavy (non-hydrogen) atoms. The van der Waals surface area contributed by atoms with Crippen molar-refractivity contribution in [3.05, 3.63) is 28.2 Å². The molecule has 0 aliphatic heterocycles. The van der Waals surface area contributed by atoms with E-state index in [2.05, 4.69) is 17.6 Å². The molecule has 1 aromatic carbocycles. The second kappa shape index (κ2) is 6.78. The van der Waals surface area contributed by atoms with Gasteiger partial charge < -0.3 is 10.6 Å². The number of hydrogen-bond acceptors (Lipinski definition) is 1. The molecule has 2 unspecified atom stereocenters. The smallest absolute Gasteiger partial charge is 0.171 e. The number of thiocarbonyl (C=S) groups is 1. The van der Waals surface area contributed by atoms with Crippen molar-refractivity contribution in [3.63, 3.8) is 0 Å². The monoisotopic (exact) mass is 316 g/mol. The lowest BCUT2D eigenvalue weighted by Crippen LogP contribution is -2.43. The van der Waals surface area contributed by atoms with Gasteiger partial charge in [-0.15, -0.1) is 0 Å². The predicted molar refractivity (Wildman–Crippen MR) is 87.2 cm³/mol. The molecule has 1 aliphatic rings. The summed E-state index contributed by atoms with van der Waals surface area (Å²) in [7, 11) is 0. The Balaban J connectivity index is 1.93. The van der Waals surface area contributed by atoms with Gasteiger partial charge in [0.15, 0.2) is 5.11 Å². The predicted octanol–water partition coefficient (Wildman–Crippen LogP) is 4.86. The zero-order valence-electron chi connectivity index (χ0n) is 10.9. The Bertz CT molecular complexity index is 445.